The van der Waals surface area contributed by atoms with E-state index in [4.69, 9.17) is 21.6 Å². The molecule has 1 atom stereocenters. The number of fused-ring (bicyclic) bond motifs is 1. The van der Waals surface area contributed by atoms with Crippen LogP contribution in [0.15, 0.2) is 23.0 Å². The fraction of sp³-hybridized carbons (Fsp3) is 0.235. The molecule has 0 aliphatic rings. The van der Waals surface area contributed by atoms with Gasteiger partial charge in [0.25, 0.3) is 5.56 Å². The van der Waals surface area contributed by atoms with E-state index < -0.39 is 6.10 Å². The highest BCUT2D eigenvalue weighted by molar-refractivity contribution is 7.18. The van der Waals surface area contributed by atoms with Gasteiger partial charge >= 0.3 is 0 Å². The molecule has 1 aromatic carbocycles. The molecule has 0 spiro atoms. The smallest absolute Gasteiger partial charge is 0.260 e. The molecule has 0 saturated heterocycles. The molecule has 122 valence electrons. The number of aromatic amines is 1. The van der Waals surface area contributed by atoms with Gasteiger partial charge in [-0.25, -0.2) is 4.98 Å². The summed E-state index contributed by atoms with van der Waals surface area (Å²) in [6.07, 6.45) is -0.491. The first-order valence-electron chi connectivity index (χ1n) is 7.27. The number of nitrogens with zero attached hydrogens (tertiary/aromatic N) is 2. The van der Waals surface area contributed by atoms with Crippen molar-refractivity contribution in [2.24, 2.45) is 0 Å². The Morgan fingerprint density at radius 3 is 2.83 bits per heavy atom. The molecule has 2 heterocycles. The van der Waals surface area contributed by atoms with Crippen LogP contribution >= 0.6 is 22.9 Å². The maximum Gasteiger partial charge on any atom is 0.260 e. The predicted molar refractivity (Wildman–Crippen MR) is 94.9 cm³/mol. The predicted octanol–water partition coefficient (Wildman–Crippen LogP) is 4.27. The summed E-state index contributed by atoms with van der Waals surface area (Å²) in [6, 6.07) is 6.81. The zero-order valence-electron chi connectivity index (χ0n) is 13.3. The zero-order chi connectivity index (χ0) is 17.4. The van der Waals surface area contributed by atoms with Crippen molar-refractivity contribution in [1.82, 2.24) is 9.97 Å². The molecule has 0 unspecified atom stereocenters. The summed E-state index contributed by atoms with van der Waals surface area (Å²) in [4.78, 5) is 21.4. The van der Waals surface area contributed by atoms with E-state index in [1.54, 1.807) is 19.1 Å². The second kappa shape index (κ2) is 6.27. The standard InChI is InChI=1S/C17H14ClN3O2S/c1-8-10(3)24-17-14(8)16(22)20-15(21-17)9(2)23-13-5-4-11(7-19)6-12(13)18/h4-6,9H,1-3H3,(H,20,21,22)/t9-/m0/s1. The summed E-state index contributed by atoms with van der Waals surface area (Å²) >= 11 is 7.61. The van der Waals surface area contributed by atoms with Gasteiger partial charge in [-0.1, -0.05) is 11.6 Å². The quantitative estimate of drug-likeness (QED) is 0.757. The van der Waals surface area contributed by atoms with Gasteiger partial charge < -0.3 is 9.72 Å². The number of aromatic nitrogens is 2. The van der Waals surface area contributed by atoms with E-state index in [2.05, 4.69) is 9.97 Å². The lowest BCUT2D eigenvalue weighted by Gasteiger charge is -2.15. The minimum atomic E-state index is -0.491. The zero-order valence-corrected chi connectivity index (χ0v) is 14.9. The number of benzene rings is 1. The molecular formula is C17H14ClN3O2S. The van der Waals surface area contributed by atoms with Gasteiger partial charge in [0.05, 0.1) is 22.0 Å². The Balaban J connectivity index is 1.96. The first kappa shape index (κ1) is 16.5. The molecule has 0 fully saturated rings. The molecule has 0 aliphatic carbocycles. The summed E-state index contributed by atoms with van der Waals surface area (Å²) in [5.74, 6) is 0.874. The SMILES string of the molecule is Cc1sc2nc([C@H](C)Oc3ccc(C#N)cc3Cl)[nH]c(=O)c2c1C. The van der Waals surface area contributed by atoms with Crippen molar-refractivity contribution in [3.05, 3.63) is 55.4 Å². The first-order chi connectivity index (χ1) is 11.4. The molecule has 3 rings (SSSR count). The van der Waals surface area contributed by atoms with Crippen LogP contribution in [0.5, 0.6) is 5.75 Å². The van der Waals surface area contributed by atoms with E-state index in [1.165, 1.54) is 17.4 Å². The second-order valence-corrected chi connectivity index (χ2v) is 7.04. The van der Waals surface area contributed by atoms with Crippen LogP contribution in [0.1, 0.15) is 34.9 Å². The van der Waals surface area contributed by atoms with E-state index >= 15 is 0 Å². The van der Waals surface area contributed by atoms with Gasteiger partial charge in [0, 0.05) is 4.88 Å². The Labute approximate surface area is 147 Å². The summed E-state index contributed by atoms with van der Waals surface area (Å²) in [5.41, 5.74) is 1.25. The molecule has 1 N–H and O–H groups in total. The maximum atomic E-state index is 12.3. The average molecular weight is 360 g/mol. The second-order valence-electron chi connectivity index (χ2n) is 5.43. The van der Waals surface area contributed by atoms with Crippen molar-refractivity contribution in [3.63, 3.8) is 0 Å². The molecule has 7 heteroatoms. The number of rotatable bonds is 3. The highest BCUT2D eigenvalue weighted by atomic mass is 35.5. The fourth-order valence-electron chi connectivity index (χ4n) is 2.38. The van der Waals surface area contributed by atoms with Crippen LogP contribution in [0, 0.1) is 25.2 Å². The van der Waals surface area contributed by atoms with Crippen molar-refractivity contribution >= 4 is 33.2 Å². The largest absolute Gasteiger partial charge is 0.481 e. The Morgan fingerprint density at radius 1 is 1.42 bits per heavy atom. The molecule has 0 radical (unpaired) electrons. The van der Waals surface area contributed by atoms with Crippen LogP contribution in [-0.2, 0) is 0 Å². The van der Waals surface area contributed by atoms with Crippen LogP contribution in [0.4, 0.5) is 0 Å². The number of nitriles is 1. The highest BCUT2D eigenvalue weighted by Gasteiger charge is 2.17. The van der Waals surface area contributed by atoms with Gasteiger partial charge in [-0.3, -0.25) is 4.79 Å². The van der Waals surface area contributed by atoms with Crippen LogP contribution in [0.2, 0.25) is 5.02 Å². The molecule has 3 aromatic rings. The third kappa shape index (κ3) is 2.88. The topological polar surface area (TPSA) is 78.8 Å². The third-order valence-electron chi connectivity index (χ3n) is 3.81. The first-order valence-corrected chi connectivity index (χ1v) is 8.46. The van der Waals surface area contributed by atoms with Gasteiger partial charge in [0.15, 0.2) is 11.9 Å². The lowest BCUT2D eigenvalue weighted by atomic mass is 10.2. The number of nitrogens with one attached hydrogen (secondary N) is 1. The van der Waals surface area contributed by atoms with Gasteiger partial charge in [-0.05, 0) is 44.5 Å². The minimum absolute atomic E-state index is 0.168. The monoisotopic (exact) mass is 359 g/mol. The number of thiophene rings is 1. The molecule has 5 nitrogen and oxygen atoms in total. The summed E-state index contributed by atoms with van der Waals surface area (Å²) in [5, 5.41) is 9.84. The van der Waals surface area contributed by atoms with E-state index in [1.807, 2.05) is 19.9 Å². The van der Waals surface area contributed by atoms with Crippen LogP contribution < -0.4 is 10.3 Å². The third-order valence-corrected chi connectivity index (χ3v) is 5.20. The van der Waals surface area contributed by atoms with E-state index in [9.17, 15) is 4.79 Å². The van der Waals surface area contributed by atoms with Crippen molar-refractivity contribution in [1.29, 1.82) is 5.26 Å². The highest BCUT2D eigenvalue weighted by Crippen LogP contribution is 2.30. The van der Waals surface area contributed by atoms with Gasteiger partial charge in [0.1, 0.15) is 10.6 Å². The van der Waals surface area contributed by atoms with Gasteiger partial charge in [0.2, 0.25) is 0 Å². The molecule has 0 saturated carbocycles. The lowest BCUT2D eigenvalue weighted by Crippen LogP contribution is -2.16. The van der Waals surface area contributed by atoms with E-state index in [0.29, 0.717) is 32.4 Å². The van der Waals surface area contributed by atoms with Crippen LogP contribution in [-0.4, -0.2) is 9.97 Å². The number of hydrogen-bond acceptors (Lipinski definition) is 5. The van der Waals surface area contributed by atoms with Crippen LogP contribution in [0.25, 0.3) is 10.2 Å². The summed E-state index contributed by atoms with van der Waals surface area (Å²) < 4.78 is 5.80. The Bertz CT molecular complexity index is 1030. The van der Waals surface area contributed by atoms with Crippen molar-refractivity contribution < 1.29 is 4.74 Å². The average Bonchev–Trinajstić information content (AvgIpc) is 2.84. The molecule has 24 heavy (non-hydrogen) atoms. The normalized spacial score (nSPS) is 12.1. The molecule has 0 bridgehead atoms. The van der Waals surface area contributed by atoms with E-state index in [-0.39, 0.29) is 5.56 Å². The lowest BCUT2D eigenvalue weighted by molar-refractivity contribution is 0.217. The van der Waals surface area contributed by atoms with Gasteiger partial charge in [-0.2, -0.15) is 5.26 Å². The fourth-order valence-corrected chi connectivity index (χ4v) is 3.64. The van der Waals surface area contributed by atoms with Crippen molar-refractivity contribution in [3.8, 4) is 11.8 Å². The Hall–Kier alpha value is -2.36. The number of ether oxygens (including phenoxy) is 1. The summed E-state index contributed by atoms with van der Waals surface area (Å²) in [7, 11) is 0. The van der Waals surface area contributed by atoms with Gasteiger partial charge in [-0.15, -0.1) is 11.3 Å². The number of hydrogen-bond donors (Lipinski definition) is 1. The number of aryl methyl sites for hydroxylation is 2. The summed E-state index contributed by atoms with van der Waals surface area (Å²) in [6.45, 7) is 5.67. The Morgan fingerprint density at radius 2 is 2.17 bits per heavy atom. The molecule has 0 amide bonds. The molecule has 2 aromatic heterocycles. The maximum absolute atomic E-state index is 12.3. The molecule has 0 aliphatic heterocycles. The number of halogens is 1. The Kier molecular flexibility index (Phi) is 4.31. The van der Waals surface area contributed by atoms with Crippen LogP contribution in [0.3, 0.4) is 0 Å². The van der Waals surface area contributed by atoms with Crippen molar-refractivity contribution in [2.45, 2.75) is 26.9 Å². The number of H-pyrrole nitrogens is 1. The minimum Gasteiger partial charge on any atom is -0.481 e. The van der Waals surface area contributed by atoms with Crippen molar-refractivity contribution in [2.75, 3.05) is 0 Å². The molecular weight excluding hydrogens is 346 g/mol. The van der Waals surface area contributed by atoms with E-state index in [0.717, 1.165) is 10.4 Å².